The number of carbonyl (C=O) groups excluding carboxylic acids is 2. The Morgan fingerprint density at radius 1 is 1.09 bits per heavy atom. The third kappa shape index (κ3) is 3.28. The zero-order valence-corrected chi connectivity index (χ0v) is 19.1. The molecule has 4 aliphatic carbocycles. The molecule has 1 aliphatic heterocycles. The van der Waals surface area contributed by atoms with Crippen LogP contribution in [0.5, 0.6) is 11.5 Å². The number of rotatable bonds is 5. The van der Waals surface area contributed by atoms with Gasteiger partial charge in [0.05, 0.1) is 11.0 Å². The van der Waals surface area contributed by atoms with E-state index in [0.717, 1.165) is 49.2 Å². The van der Waals surface area contributed by atoms with Gasteiger partial charge in [-0.3, -0.25) is 9.59 Å². The number of ketones is 1. The molecular formula is C26H29NO6. The highest BCUT2D eigenvalue weighted by atomic mass is 16.7. The molecule has 7 nitrogen and oxygen atoms in total. The van der Waals surface area contributed by atoms with Crippen LogP contribution in [0.25, 0.3) is 5.69 Å². The van der Waals surface area contributed by atoms with E-state index in [2.05, 4.69) is 0 Å². The quantitative estimate of drug-likeness (QED) is 0.548. The molecule has 4 bridgehead atoms. The Bertz CT molecular complexity index is 1150. The summed E-state index contributed by atoms with van der Waals surface area (Å²) in [5, 5.41) is 10.9. The molecule has 1 aromatic heterocycles. The lowest BCUT2D eigenvalue weighted by atomic mass is 9.48. The van der Waals surface area contributed by atoms with E-state index in [1.165, 1.54) is 0 Å². The molecule has 0 saturated heterocycles. The van der Waals surface area contributed by atoms with Gasteiger partial charge in [-0.15, -0.1) is 0 Å². The lowest BCUT2D eigenvalue weighted by Crippen LogP contribution is -2.58. The third-order valence-corrected chi connectivity index (χ3v) is 8.14. The van der Waals surface area contributed by atoms with Crippen LogP contribution in [-0.2, 0) is 9.53 Å². The second kappa shape index (κ2) is 7.10. The van der Waals surface area contributed by atoms with E-state index in [-0.39, 0.29) is 25.2 Å². The van der Waals surface area contributed by atoms with Gasteiger partial charge in [0, 0.05) is 28.7 Å². The Morgan fingerprint density at radius 2 is 1.82 bits per heavy atom. The number of aryl methyl sites for hydroxylation is 1. The summed E-state index contributed by atoms with van der Waals surface area (Å²) in [6.45, 7) is 3.76. The predicted molar refractivity (Wildman–Crippen MR) is 119 cm³/mol. The minimum atomic E-state index is -0.733. The van der Waals surface area contributed by atoms with Gasteiger partial charge in [-0.2, -0.15) is 0 Å². The molecule has 33 heavy (non-hydrogen) atoms. The number of hydrogen-bond acceptors (Lipinski definition) is 6. The average molecular weight is 452 g/mol. The summed E-state index contributed by atoms with van der Waals surface area (Å²) in [6.07, 6.45) is 4.71. The molecule has 2 heterocycles. The predicted octanol–water partition coefficient (Wildman–Crippen LogP) is 3.88. The maximum Gasteiger partial charge on any atom is 0.312 e. The highest BCUT2D eigenvalue weighted by Crippen LogP contribution is 2.62. The molecule has 1 N–H and O–H groups in total. The summed E-state index contributed by atoms with van der Waals surface area (Å²) in [5.41, 5.74) is 1.76. The fourth-order valence-corrected chi connectivity index (χ4v) is 7.28. The van der Waals surface area contributed by atoms with E-state index >= 15 is 0 Å². The number of Topliss-reactive ketones (excluding diaryl/α,β-unsaturated/α-hetero) is 1. The average Bonchev–Trinajstić information content (AvgIpc) is 3.33. The Hall–Kier alpha value is -2.80. The second-order valence-corrected chi connectivity index (χ2v) is 10.6. The van der Waals surface area contributed by atoms with Crippen molar-refractivity contribution in [1.82, 2.24) is 4.57 Å². The van der Waals surface area contributed by atoms with Crippen LogP contribution in [0.15, 0.2) is 24.3 Å². The summed E-state index contributed by atoms with van der Waals surface area (Å²) in [7, 11) is 0. The number of esters is 1. The minimum Gasteiger partial charge on any atom is -0.457 e. The molecule has 2 atom stereocenters. The number of aromatic nitrogens is 1. The molecule has 0 radical (unpaired) electrons. The SMILES string of the molecule is Cc1cc(C(=O)COC(=O)C23C[C@H]4C[C@@H](CC(O)(C4)C2)C3)c(C)n1-c1ccc2c(c1)OCO2. The van der Waals surface area contributed by atoms with Gasteiger partial charge in [-0.05, 0) is 82.4 Å². The van der Waals surface area contributed by atoms with Gasteiger partial charge in [-0.25, -0.2) is 0 Å². The number of benzene rings is 1. The van der Waals surface area contributed by atoms with Crippen molar-refractivity contribution in [2.24, 2.45) is 17.3 Å². The van der Waals surface area contributed by atoms with Gasteiger partial charge in [-0.1, -0.05) is 0 Å². The van der Waals surface area contributed by atoms with Gasteiger partial charge in [0.25, 0.3) is 0 Å². The van der Waals surface area contributed by atoms with Gasteiger partial charge in [0.2, 0.25) is 12.6 Å². The third-order valence-electron chi connectivity index (χ3n) is 8.14. The highest BCUT2D eigenvalue weighted by Gasteiger charge is 2.60. The molecule has 0 amide bonds. The molecular weight excluding hydrogens is 422 g/mol. The minimum absolute atomic E-state index is 0.206. The Kier molecular flexibility index (Phi) is 4.47. The van der Waals surface area contributed by atoms with Crippen molar-refractivity contribution in [1.29, 1.82) is 0 Å². The van der Waals surface area contributed by atoms with Crippen LogP contribution in [0, 0.1) is 31.1 Å². The highest BCUT2D eigenvalue weighted by molar-refractivity contribution is 5.99. The van der Waals surface area contributed by atoms with E-state index in [1.807, 2.05) is 42.7 Å². The Labute approximate surface area is 192 Å². The summed E-state index contributed by atoms with van der Waals surface area (Å²) < 4.78 is 18.5. The van der Waals surface area contributed by atoms with Crippen molar-refractivity contribution in [3.63, 3.8) is 0 Å². The smallest absolute Gasteiger partial charge is 0.312 e. The zero-order valence-electron chi connectivity index (χ0n) is 19.1. The van der Waals surface area contributed by atoms with Gasteiger partial charge < -0.3 is 23.9 Å². The number of aliphatic hydroxyl groups is 1. The van der Waals surface area contributed by atoms with Gasteiger partial charge >= 0.3 is 5.97 Å². The van der Waals surface area contributed by atoms with E-state index < -0.39 is 11.0 Å². The maximum absolute atomic E-state index is 13.1. The molecule has 4 fully saturated rings. The lowest BCUT2D eigenvalue weighted by molar-refractivity contribution is -0.195. The summed E-state index contributed by atoms with van der Waals surface area (Å²) in [6, 6.07) is 7.52. The van der Waals surface area contributed by atoms with Crippen molar-refractivity contribution >= 4 is 11.8 Å². The fraction of sp³-hybridized carbons (Fsp3) is 0.538. The molecule has 2 aromatic rings. The van der Waals surface area contributed by atoms with Crippen molar-refractivity contribution in [3.05, 3.63) is 41.2 Å². The zero-order chi connectivity index (χ0) is 23.0. The topological polar surface area (TPSA) is 87.0 Å². The van der Waals surface area contributed by atoms with Crippen molar-refractivity contribution in [2.45, 2.75) is 58.0 Å². The Balaban J connectivity index is 1.19. The fourth-order valence-electron chi connectivity index (χ4n) is 7.28. The molecule has 0 unspecified atom stereocenters. The standard InChI is InChI=1S/C26H29NO6/c1-15-5-20(16(2)27(15)19-3-4-22-23(7-19)33-14-32-22)21(28)12-31-24(29)25-8-17-6-18(9-25)11-26(30,10-17)13-25/h3-5,7,17-18,30H,6,8-14H2,1-2H3/t17-,18-,25?,26?/m1/s1. The van der Waals surface area contributed by atoms with Crippen molar-refractivity contribution in [3.8, 4) is 17.2 Å². The number of fused-ring (bicyclic) bond motifs is 1. The number of nitrogens with zero attached hydrogens (tertiary/aromatic N) is 1. The molecule has 7 rings (SSSR count). The monoisotopic (exact) mass is 451 g/mol. The first-order valence-electron chi connectivity index (χ1n) is 11.8. The maximum atomic E-state index is 13.1. The molecule has 174 valence electrons. The normalized spacial score (nSPS) is 31.1. The first kappa shape index (κ1) is 20.8. The van der Waals surface area contributed by atoms with Crippen LogP contribution >= 0.6 is 0 Å². The molecule has 5 aliphatic rings. The van der Waals surface area contributed by atoms with Crippen LogP contribution in [0.4, 0.5) is 0 Å². The molecule has 7 heteroatoms. The summed E-state index contributed by atoms with van der Waals surface area (Å²) >= 11 is 0. The van der Waals surface area contributed by atoms with Gasteiger partial charge in [0.15, 0.2) is 18.1 Å². The van der Waals surface area contributed by atoms with Crippen LogP contribution < -0.4 is 9.47 Å². The summed E-state index contributed by atoms with van der Waals surface area (Å²) in [5.74, 6) is 1.64. The molecule has 4 saturated carbocycles. The number of carbonyl (C=O) groups is 2. The van der Waals surface area contributed by atoms with E-state index in [0.29, 0.717) is 35.3 Å². The second-order valence-electron chi connectivity index (χ2n) is 10.6. The van der Waals surface area contributed by atoms with Crippen LogP contribution in [0.2, 0.25) is 0 Å². The van der Waals surface area contributed by atoms with Crippen LogP contribution in [-0.4, -0.2) is 40.4 Å². The summed E-state index contributed by atoms with van der Waals surface area (Å²) in [4.78, 5) is 26.2. The molecule has 0 spiro atoms. The largest absolute Gasteiger partial charge is 0.457 e. The van der Waals surface area contributed by atoms with E-state index in [4.69, 9.17) is 14.2 Å². The van der Waals surface area contributed by atoms with Crippen LogP contribution in [0.3, 0.4) is 0 Å². The first-order chi connectivity index (χ1) is 15.8. The number of hydrogen-bond donors (Lipinski definition) is 1. The first-order valence-corrected chi connectivity index (χ1v) is 11.8. The molecule has 1 aromatic carbocycles. The van der Waals surface area contributed by atoms with E-state index in [1.54, 1.807) is 0 Å². The number of ether oxygens (including phenoxy) is 3. The van der Waals surface area contributed by atoms with Gasteiger partial charge in [0.1, 0.15) is 0 Å². The van der Waals surface area contributed by atoms with E-state index in [9.17, 15) is 14.7 Å². The lowest BCUT2D eigenvalue weighted by Gasteiger charge is -2.58. The van der Waals surface area contributed by atoms with Crippen molar-refractivity contribution in [2.75, 3.05) is 13.4 Å². The Morgan fingerprint density at radius 3 is 2.55 bits per heavy atom. The van der Waals surface area contributed by atoms with Crippen molar-refractivity contribution < 1.29 is 28.9 Å². The van der Waals surface area contributed by atoms with Crippen LogP contribution in [0.1, 0.15) is 60.3 Å².